The number of methoxy groups -OCH3 is 1. The molecule has 0 bridgehead atoms. The number of halogens is 1. The van der Waals surface area contributed by atoms with E-state index in [0.717, 1.165) is 6.07 Å². The van der Waals surface area contributed by atoms with Crippen LogP contribution in [-0.2, 0) is 14.8 Å². The van der Waals surface area contributed by atoms with Crippen LogP contribution in [-0.4, -0.2) is 59.2 Å². The topological polar surface area (TPSA) is 135 Å². The van der Waals surface area contributed by atoms with E-state index in [2.05, 4.69) is 41.1 Å². The van der Waals surface area contributed by atoms with Gasteiger partial charge in [0.1, 0.15) is 0 Å². The third kappa shape index (κ3) is 9.23. The average Bonchev–Trinajstić information content (AvgIpc) is 2.62. The Kier molecular flexibility index (Phi) is 11.6. The second kappa shape index (κ2) is 12.2. The van der Waals surface area contributed by atoms with Crippen LogP contribution in [0.25, 0.3) is 0 Å². The summed E-state index contributed by atoms with van der Waals surface area (Å²) in [4.78, 5) is 14.1. The minimum atomic E-state index is -3.84. The molecule has 29 heavy (non-hydrogen) atoms. The Hall–Kier alpha value is -1.51. The fourth-order valence-corrected chi connectivity index (χ4v) is 3.44. The van der Waals surface area contributed by atoms with Crippen LogP contribution in [0.3, 0.4) is 0 Å². The van der Waals surface area contributed by atoms with E-state index in [1.54, 1.807) is 14.2 Å². The highest BCUT2D eigenvalue weighted by molar-refractivity contribution is 14.0. The van der Waals surface area contributed by atoms with E-state index < -0.39 is 14.9 Å². The van der Waals surface area contributed by atoms with Crippen molar-refractivity contribution >= 4 is 45.6 Å². The van der Waals surface area contributed by atoms with E-state index in [0.29, 0.717) is 12.5 Å². The molecule has 0 spiro atoms. The van der Waals surface area contributed by atoms with Gasteiger partial charge in [-0.1, -0.05) is 26.8 Å². The molecule has 3 N–H and O–H groups in total. The number of nitro groups is 1. The van der Waals surface area contributed by atoms with Crippen molar-refractivity contribution in [3.8, 4) is 0 Å². The summed E-state index contributed by atoms with van der Waals surface area (Å²) in [6.45, 7) is 7.12. The first kappa shape index (κ1) is 27.5. The van der Waals surface area contributed by atoms with Gasteiger partial charge in [0, 0.05) is 45.9 Å². The number of ether oxygens (including phenoxy) is 1. The number of benzene rings is 1. The molecule has 0 aliphatic carbocycles. The molecule has 0 aliphatic rings. The van der Waals surface area contributed by atoms with Crippen LogP contribution >= 0.6 is 24.0 Å². The summed E-state index contributed by atoms with van der Waals surface area (Å²) in [5, 5.41) is 16.9. The summed E-state index contributed by atoms with van der Waals surface area (Å²) >= 11 is 0. The lowest BCUT2D eigenvalue weighted by Gasteiger charge is -2.30. The summed E-state index contributed by atoms with van der Waals surface area (Å²) in [5.41, 5.74) is -0.328. The van der Waals surface area contributed by atoms with Crippen LogP contribution in [0.15, 0.2) is 34.2 Å². The highest BCUT2D eigenvalue weighted by Crippen LogP contribution is 2.21. The SMILES string of the molecule is CN=C(NCCNS(=O)(=O)c1cccc([N+](=O)[O-])c1)NCC(OC)C(C)(C)C.I. The molecule has 1 aromatic carbocycles. The van der Waals surface area contributed by atoms with Gasteiger partial charge in [0.05, 0.1) is 15.9 Å². The fourth-order valence-electron chi connectivity index (χ4n) is 2.37. The van der Waals surface area contributed by atoms with Crippen LogP contribution in [0.1, 0.15) is 20.8 Å². The van der Waals surface area contributed by atoms with E-state index in [-0.39, 0.29) is 59.2 Å². The van der Waals surface area contributed by atoms with Gasteiger partial charge in [0.15, 0.2) is 5.96 Å². The number of rotatable bonds is 9. The smallest absolute Gasteiger partial charge is 0.270 e. The molecule has 0 heterocycles. The summed E-state index contributed by atoms with van der Waals surface area (Å²) in [7, 11) is -0.583. The molecule has 12 heteroatoms. The average molecular weight is 543 g/mol. The fraction of sp³-hybridized carbons (Fsp3) is 0.588. The molecule has 0 radical (unpaired) electrons. The minimum Gasteiger partial charge on any atom is -0.379 e. The number of nitro benzene ring substituents is 1. The maximum Gasteiger partial charge on any atom is 0.270 e. The normalized spacial score (nSPS) is 13.3. The van der Waals surface area contributed by atoms with Crippen molar-refractivity contribution in [2.75, 3.05) is 33.8 Å². The lowest BCUT2D eigenvalue weighted by atomic mass is 9.89. The van der Waals surface area contributed by atoms with Gasteiger partial charge >= 0.3 is 0 Å². The first-order valence-electron chi connectivity index (χ1n) is 8.72. The summed E-state index contributed by atoms with van der Waals surface area (Å²) in [5.74, 6) is 0.515. The number of nitrogens with zero attached hydrogens (tertiary/aromatic N) is 2. The Bertz CT molecular complexity index is 796. The highest BCUT2D eigenvalue weighted by atomic mass is 127. The van der Waals surface area contributed by atoms with Gasteiger partial charge < -0.3 is 15.4 Å². The summed E-state index contributed by atoms with van der Waals surface area (Å²) < 4.78 is 32.4. The van der Waals surface area contributed by atoms with Crippen molar-refractivity contribution in [1.82, 2.24) is 15.4 Å². The molecule has 166 valence electrons. The second-order valence-corrected chi connectivity index (χ2v) is 8.89. The zero-order valence-corrected chi connectivity index (χ0v) is 20.4. The lowest BCUT2D eigenvalue weighted by molar-refractivity contribution is -0.385. The Morgan fingerprint density at radius 2 is 1.93 bits per heavy atom. The first-order chi connectivity index (χ1) is 13.0. The van der Waals surface area contributed by atoms with Crippen LogP contribution in [0.5, 0.6) is 0 Å². The maximum absolute atomic E-state index is 12.3. The van der Waals surface area contributed by atoms with E-state index in [1.807, 2.05) is 0 Å². The number of non-ortho nitro benzene ring substituents is 1. The van der Waals surface area contributed by atoms with E-state index in [9.17, 15) is 18.5 Å². The zero-order valence-electron chi connectivity index (χ0n) is 17.3. The first-order valence-corrected chi connectivity index (χ1v) is 10.2. The van der Waals surface area contributed by atoms with Crippen molar-refractivity contribution < 1.29 is 18.1 Å². The van der Waals surface area contributed by atoms with Crippen LogP contribution in [0.2, 0.25) is 0 Å². The zero-order chi connectivity index (χ0) is 21.4. The lowest BCUT2D eigenvalue weighted by Crippen LogP contribution is -2.46. The molecule has 0 saturated carbocycles. The molecule has 0 aromatic heterocycles. The van der Waals surface area contributed by atoms with Crippen molar-refractivity contribution in [3.05, 3.63) is 34.4 Å². The monoisotopic (exact) mass is 543 g/mol. The molecule has 1 aromatic rings. The van der Waals surface area contributed by atoms with Gasteiger partial charge in [-0.3, -0.25) is 15.1 Å². The van der Waals surface area contributed by atoms with Crippen molar-refractivity contribution in [2.24, 2.45) is 10.4 Å². The maximum atomic E-state index is 12.3. The Labute approximate surface area is 189 Å². The summed E-state index contributed by atoms with van der Waals surface area (Å²) in [6, 6.07) is 4.90. The molecule has 0 aliphatic heterocycles. The number of aliphatic imine (C=N–C) groups is 1. The van der Waals surface area contributed by atoms with Crippen LogP contribution in [0.4, 0.5) is 5.69 Å². The van der Waals surface area contributed by atoms with Gasteiger partial charge in [-0.25, -0.2) is 13.1 Å². The molecule has 0 amide bonds. The van der Waals surface area contributed by atoms with E-state index in [4.69, 9.17) is 4.74 Å². The number of guanidine groups is 1. The Balaban J connectivity index is 0.00000784. The van der Waals surface area contributed by atoms with E-state index >= 15 is 0 Å². The number of nitrogens with one attached hydrogen (secondary N) is 3. The standard InChI is InChI=1S/C17H29N5O5S.HI/c1-17(2,3)15(27-5)12-20-16(18-4)19-9-10-21-28(25,26)14-8-6-7-13(11-14)22(23)24;/h6-8,11,15,21H,9-10,12H2,1-5H3,(H2,18,19,20);1H. The molecular weight excluding hydrogens is 513 g/mol. The largest absolute Gasteiger partial charge is 0.379 e. The molecule has 1 unspecified atom stereocenters. The molecular formula is C17H30IN5O5S. The quantitative estimate of drug-likeness (QED) is 0.108. The number of hydrogen-bond acceptors (Lipinski definition) is 6. The predicted molar refractivity (Wildman–Crippen MR) is 123 cm³/mol. The van der Waals surface area contributed by atoms with Crippen molar-refractivity contribution in [1.29, 1.82) is 0 Å². The molecule has 0 saturated heterocycles. The van der Waals surface area contributed by atoms with Gasteiger partial charge in [-0.15, -0.1) is 24.0 Å². The van der Waals surface area contributed by atoms with Crippen LogP contribution in [0, 0.1) is 15.5 Å². The minimum absolute atomic E-state index is 0. The van der Waals surface area contributed by atoms with Gasteiger partial charge in [-0.2, -0.15) is 0 Å². The number of sulfonamides is 1. The third-order valence-electron chi connectivity index (χ3n) is 3.98. The van der Waals surface area contributed by atoms with Gasteiger partial charge in [0.25, 0.3) is 5.69 Å². The predicted octanol–water partition coefficient (Wildman–Crippen LogP) is 1.72. The number of hydrogen-bond donors (Lipinski definition) is 3. The Morgan fingerprint density at radius 1 is 1.28 bits per heavy atom. The van der Waals surface area contributed by atoms with Gasteiger partial charge in [0.2, 0.25) is 10.0 Å². The third-order valence-corrected chi connectivity index (χ3v) is 5.44. The van der Waals surface area contributed by atoms with Crippen molar-refractivity contribution in [3.63, 3.8) is 0 Å². The summed E-state index contributed by atoms with van der Waals surface area (Å²) in [6.07, 6.45) is -0.0292. The molecule has 0 fully saturated rings. The second-order valence-electron chi connectivity index (χ2n) is 7.12. The van der Waals surface area contributed by atoms with Crippen molar-refractivity contribution in [2.45, 2.75) is 31.8 Å². The van der Waals surface area contributed by atoms with E-state index in [1.165, 1.54) is 18.2 Å². The molecule has 1 rings (SSSR count). The van der Waals surface area contributed by atoms with Gasteiger partial charge in [-0.05, 0) is 11.5 Å². The molecule has 10 nitrogen and oxygen atoms in total. The highest BCUT2D eigenvalue weighted by Gasteiger charge is 2.24. The molecule has 1 atom stereocenters. The Morgan fingerprint density at radius 3 is 2.45 bits per heavy atom. The van der Waals surface area contributed by atoms with Crippen LogP contribution < -0.4 is 15.4 Å².